The smallest absolute Gasteiger partial charge is 0.133 e. The lowest BCUT2D eigenvalue weighted by atomic mass is 10.3. The van der Waals surface area contributed by atoms with Gasteiger partial charge in [-0.15, -0.1) is 0 Å². The lowest BCUT2D eigenvalue weighted by Gasteiger charge is -1.96. The molecule has 0 saturated heterocycles. The van der Waals surface area contributed by atoms with Crippen LogP contribution in [0, 0.1) is 0 Å². The Bertz CT molecular complexity index is 279. The van der Waals surface area contributed by atoms with Crippen molar-refractivity contribution in [1.82, 2.24) is 9.55 Å². The summed E-state index contributed by atoms with van der Waals surface area (Å²) in [7, 11) is 0. The molecule has 1 aromatic heterocycles. The number of aryl methyl sites for hydroxylation is 1. The first kappa shape index (κ1) is 7.13. The van der Waals surface area contributed by atoms with Crippen LogP contribution in [0.2, 0.25) is 5.15 Å². The fourth-order valence-electron chi connectivity index (χ4n) is 1.47. The van der Waals surface area contributed by atoms with Gasteiger partial charge in [0.05, 0.1) is 5.69 Å². The summed E-state index contributed by atoms with van der Waals surface area (Å²) in [4.78, 5) is 4.31. The SMILES string of the molecule is NCc1nc2n(c1Cl)CCC2. The maximum Gasteiger partial charge on any atom is 0.133 e. The summed E-state index contributed by atoms with van der Waals surface area (Å²) in [5.41, 5.74) is 6.29. The maximum absolute atomic E-state index is 5.99. The second kappa shape index (κ2) is 2.50. The molecule has 0 aromatic carbocycles. The fraction of sp³-hybridized carbons (Fsp3) is 0.571. The van der Waals surface area contributed by atoms with Gasteiger partial charge in [-0.25, -0.2) is 4.98 Å². The predicted molar refractivity (Wildman–Crippen MR) is 43.4 cm³/mol. The minimum absolute atomic E-state index is 0.443. The van der Waals surface area contributed by atoms with Gasteiger partial charge in [0, 0.05) is 19.5 Å². The molecule has 60 valence electrons. The maximum atomic E-state index is 5.99. The molecule has 11 heavy (non-hydrogen) atoms. The van der Waals surface area contributed by atoms with Crippen molar-refractivity contribution < 1.29 is 0 Å². The van der Waals surface area contributed by atoms with E-state index in [-0.39, 0.29) is 0 Å². The molecular weight excluding hydrogens is 162 g/mol. The number of fused-ring (bicyclic) bond motifs is 1. The van der Waals surface area contributed by atoms with E-state index in [0.29, 0.717) is 6.54 Å². The van der Waals surface area contributed by atoms with Gasteiger partial charge in [-0.2, -0.15) is 0 Å². The van der Waals surface area contributed by atoms with Gasteiger partial charge in [-0.1, -0.05) is 11.6 Å². The minimum atomic E-state index is 0.443. The lowest BCUT2D eigenvalue weighted by Crippen LogP contribution is -1.98. The largest absolute Gasteiger partial charge is 0.325 e. The van der Waals surface area contributed by atoms with E-state index in [9.17, 15) is 0 Å². The van der Waals surface area contributed by atoms with Crippen LogP contribution >= 0.6 is 11.6 Å². The van der Waals surface area contributed by atoms with Crippen LogP contribution in [0.5, 0.6) is 0 Å². The molecule has 0 bridgehead atoms. The third-order valence-corrected chi connectivity index (χ3v) is 2.45. The molecule has 1 aliphatic rings. The van der Waals surface area contributed by atoms with Gasteiger partial charge in [-0.3, -0.25) is 0 Å². The van der Waals surface area contributed by atoms with Gasteiger partial charge < -0.3 is 10.3 Å². The zero-order valence-corrected chi connectivity index (χ0v) is 6.93. The molecule has 0 fully saturated rings. The highest BCUT2D eigenvalue weighted by atomic mass is 35.5. The number of aromatic nitrogens is 2. The van der Waals surface area contributed by atoms with Crippen molar-refractivity contribution in [2.45, 2.75) is 25.9 Å². The third-order valence-electron chi connectivity index (χ3n) is 2.03. The third kappa shape index (κ3) is 0.957. The fourth-order valence-corrected chi connectivity index (χ4v) is 1.78. The van der Waals surface area contributed by atoms with Crippen molar-refractivity contribution in [3.05, 3.63) is 16.7 Å². The number of nitrogens with zero attached hydrogens (tertiary/aromatic N) is 2. The molecule has 0 saturated carbocycles. The number of rotatable bonds is 1. The summed E-state index contributed by atoms with van der Waals surface area (Å²) in [5, 5.41) is 0.736. The molecule has 1 aromatic rings. The van der Waals surface area contributed by atoms with E-state index in [4.69, 9.17) is 17.3 Å². The molecule has 3 nitrogen and oxygen atoms in total. The van der Waals surface area contributed by atoms with Crippen molar-refractivity contribution in [2.24, 2.45) is 5.73 Å². The van der Waals surface area contributed by atoms with E-state index in [1.807, 2.05) is 4.57 Å². The van der Waals surface area contributed by atoms with Crippen LogP contribution in [0.25, 0.3) is 0 Å². The Hall–Kier alpha value is -0.540. The first-order valence-corrected chi connectivity index (χ1v) is 4.14. The number of halogens is 1. The molecule has 2 heterocycles. The second-order valence-corrected chi connectivity index (χ2v) is 3.08. The Morgan fingerprint density at radius 2 is 2.45 bits per heavy atom. The Kier molecular flexibility index (Phi) is 1.62. The Balaban J connectivity index is 2.49. The molecule has 1 aliphatic heterocycles. The highest BCUT2D eigenvalue weighted by molar-refractivity contribution is 6.30. The Morgan fingerprint density at radius 1 is 1.64 bits per heavy atom. The lowest BCUT2D eigenvalue weighted by molar-refractivity contribution is 0.747. The molecule has 0 atom stereocenters. The van der Waals surface area contributed by atoms with Crippen LogP contribution in [0.15, 0.2) is 0 Å². The topological polar surface area (TPSA) is 43.8 Å². The Morgan fingerprint density at radius 3 is 3.09 bits per heavy atom. The van der Waals surface area contributed by atoms with Crippen molar-refractivity contribution in [2.75, 3.05) is 0 Å². The van der Waals surface area contributed by atoms with Crippen LogP contribution in [0.3, 0.4) is 0 Å². The molecule has 2 rings (SSSR count). The highest BCUT2D eigenvalue weighted by Crippen LogP contribution is 2.23. The zero-order chi connectivity index (χ0) is 7.84. The molecule has 0 unspecified atom stereocenters. The van der Waals surface area contributed by atoms with Gasteiger partial charge >= 0.3 is 0 Å². The average Bonchev–Trinajstić information content (AvgIpc) is 2.53. The molecule has 0 aliphatic carbocycles. The number of imidazole rings is 1. The van der Waals surface area contributed by atoms with Crippen molar-refractivity contribution in [3.63, 3.8) is 0 Å². The highest BCUT2D eigenvalue weighted by Gasteiger charge is 2.18. The monoisotopic (exact) mass is 171 g/mol. The van der Waals surface area contributed by atoms with Gasteiger partial charge in [0.1, 0.15) is 11.0 Å². The van der Waals surface area contributed by atoms with Gasteiger partial charge in [0.25, 0.3) is 0 Å². The van der Waals surface area contributed by atoms with E-state index in [1.54, 1.807) is 0 Å². The standard InChI is InChI=1S/C7H10ClN3/c8-7-5(4-9)10-6-2-1-3-11(6)7/h1-4,9H2. The molecule has 0 amide bonds. The second-order valence-electron chi connectivity index (χ2n) is 2.72. The van der Waals surface area contributed by atoms with Gasteiger partial charge in [0.15, 0.2) is 0 Å². The van der Waals surface area contributed by atoms with Gasteiger partial charge in [-0.05, 0) is 6.42 Å². The Labute approximate surface area is 70.2 Å². The molecule has 2 N–H and O–H groups in total. The van der Waals surface area contributed by atoms with Crippen LogP contribution < -0.4 is 5.73 Å². The molecule has 0 radical (unpaired) electrons. The zero-order valence-electron chi connectivity index (χ0n) is 6.18. The molecule has 0 spiro atoms. The first-order chi connectivity index (χ1) is 5.33. The molecule has 4 heteroatoms. The summed E-state index contributed by atoms with van der Waals surface area (Å²) in [6.45, 7) is 1.44. The number of hydrogen-bond donors (Lipinski definition) is 1. The van der Waals surface area contributed by atoms with E-state index >= 15 is 0 Å². The van der Waals surface area contributed by atoms with E-state index in [2.05, 4.69) is 4.98 Å². The number of nitrogens with two attached hydrogens (primary N) is 1. The normalized spacial score (nSPS) is 15.5. The summed E-state index contributed by atoms with van der Waals surface area (Å²) in [6, 6.07) is 0. The van der Waals surface area contributed by atoms with E-state index in [1.165, 1.54) is 0 Å². The van der Waals surface area contributed by atoms with E-state index in [0.717, 1.165) is 36.1 Å². The number of hydrogen-bond acceptors (Lipinski definition) is 2. The summed E-state index contributed by atoms with van der Waals surface area (Å²) >= 11 is 5.99. The summed E-state index contributed by atoms with van der Waals surface area (Å²) in [5.74, 6) is 1.09. The molecular formula is C7H10ClN3. The average molecular weight is 172 g/mol. The van der Waals surface area contributed by atoms with Crippen LogP contribution in [-0.4, -0.2) is 9.55 Å². The van der Waals surface area contributed by atoms with E-state index < -0.39 is 0 Å². The van der Waals surface area contributed by atoms with Crippen LogP contribution in [-0.2, 0) is 19.5 Å². The minimum Gasteiger partial charge on any atom is -0.325 e. The van der Waals surface area contributed by atoms with Crippen molar-refractivity contribution in [1.29, 1.82) is 0 Å². The van der Waals surface area contributed by atoms with Gasteiger partial charge in [0.2, 0.25) is 0 Å². The summed E-state index contributed by atoms with van der Waals surface area (Å²) in [6.07, 6.45) is 2.20. The van der Waals surface area contributed by atoms with Crippen molar-refractivity contribution >= 4 is 11.6 Å². The van der Waals surface area contributed by atoms with Crippen molar-refractivity contribution in [3.8, 4) is 0 Å². The first-order valence-electron chi connectivity index (χ1n) is 3.76. The predicted octanol–water partition coefficient (Wildman–Crippen LogP) is 0.941. The van der Waals surface area contributed by atoms with Crippen LogP contribution in [0.1, 0.15) is 17.9 Å². The van der Waals surface area contributed by atoms with Crippen LogP contribution in [0.4, 0.5) is 0 Å². The summed E-state index contributed by atoms with van der Waals surface area (Å²) < 4.78 is 2.05. The quantitative estimate of drug-likeness (QED) is 0.684.